The highest BCUT2D eigenvalue weighted by atomic mass is 35.5. The van der Waals surface area contributed by atoms with Gasteiger partial charge in [0.2, 0.25) is 0 Å². The predicted octanol–water partition coefficient (Wildman–Crippen LogP) is 2.82. The maximum atomic E-state index is 12.9. The SMILES string of the molecule is Cl.O=C(O)c1cc(C2CC2)ccc1F. The normalized spacial score (nSPS) is 14.6. The Morgan fingerprint density at radius 3 is 2.57 bits per heavy atom. The molecule has 0 aliphatic heterocycles. The number of rotatable bonds is 2. The Hall–Kier alpha value is -1.09. The van der Waals surface area contributed by atoms with E-state index in [0.717, 1.165) is 18.4 Å². The molecule has 0 bridgehead atoms. The minimum absolute atomic E-state index is 0. The van der Waals surface area contributed by atoms with E-state index in [4.69, 9.17) is 5.11 Å². The number of carboxylic acid groups (broad SMARTS) is 1. The zero-order valence-corrected chi connectivity index (χ0v) is 8.18. The van der Waals surface area contributed by atoms with Crippen LogP contribution >= 0.6 is 12.4 Å². The fraction of sp³-hybridized carbons (Fsp3) is 0.300. The van der Waals surface area contributed by atoms with Crippen LogP contribution in [0.4, 0.5) is 4.39 Å². The van der Waals surface area contributed by atoms with Crippen molar-refractivity contribution in [1.29, 1.82) is 0 Å². The molecule has 2 nitrogen and oxygen atoms in total. The van der Waals surface area contributed by atoms with Crippen molar-refractivity contribution < 1.29 is 14.3 Å². The van der Waals surface area contributed by atoms with E-state index >= 15 is 0 Å². The Morgan fingerprint density at radius 2 is 2.07 bits per heavy atom. The van der Waals surface area contributed by atoms with E-state index in [-0.39, 0.29) is 18.0 Å². The molecule has 1 aromatic carbocycles. The van der Waals surface area contributed by atoms with Gasteiger partial charge in [0.05, 0.1) is 5.56 Å². The number of benzene rings is 1. The van der Waals surface area contributed by atoms with E-state index in [1.165, 1.54) is 12.1 Å². The molecular weight excluding hydrogens is 207 g/mol. The van der Waals surface area contributed by atoms with Crippen molar-refractivity contribution in [2.45, 2.75) is 18.8 Å². The zero-order valence-electron chi connectivity index (χ0n) is 7.37. The molecular formula is C10H10ClFO2. The van der Waals surface area contributed by atoms with Crippen LogP contribution in [-0.2, 0) is 0 Å². The molecule has 0 atom stereocenters. The van der Waals surface area contributed by atoms with Crippen LogP contribution < -0.4 is 0 Å². The summed E-state index contributed by atoms with van der Waals surface area (Å²) in [7, 11) is 0. The summed E-state index contributed by atoms with van der Waals surface area (Å²) in [6.07, 6.45) is 2.18. The van der Waals surface area contributed by atoms with E-state index in [0.29, 0.717) is 5.92 Å². The molecule has 1 saturated carbocycles. The lowest BCUT2D eigenvalue weighted by molar-refractivity contribution is 0.0692. The van der Waals surface area contributed by atoms with Crippen LogP contribution in [-0.4, -0.2) is 11.1 Å². The van der Waals surface area contributed by atoms with Crippen molar-refractivity contribution in [3.8, 4) is 0 Å². The van der Waals surface area contributed by atoms with Gasteiger partial charge in [-0.1, -0.05) is 6.07 Å². The number of aromatic carboxylic acids is 1. The summed E-state index contributed by atoms with van der Waals surface area (Å²) >= 11 is 0. The molecule has 1 aliphatic rings. The first-order chi connectivity index (χ1) is 6.18. The summed E-state index contributed by atoms with van der Waals surface area (Å²) in [5.74, 6) is -1.39. The number of halogens is 2. The second kappa shape index (κ2) is 3.96. The second-order valence-corrected chi connectivity index (χ2v) is 3.32. The quantitative estimate of drug-likeness (QED) is 0.826. The first kappa shape index (κ1) is 11.0. The molecule has 0 radical (unpaired) electrons. The molecule has 0 amide bonds. The summed E-state index contributed by atoms with van der Waals surface area (Å²) in [6, 6.07) is 4.34. The molecule has 1 aliphatic carbocycles. The Balaban J connectivity index is 0.000000980. The Labute approximate surface area is 87.2 Å². The van der Waals surface area contributed by atoms with Crippen LogP contribution in [0.15, 0.2) is 18.2 Å². The Kier molecular flexibility index (Phi) is 3.11. The molecule has 76 valence electrons. The maximum absolute atomic E-state index is 12.9. The molecule has 1 N–H and O–H groups in total. The maximum Gasteiger partial charge on any atom is 0.338 e. The van der Waals surface area contributed by atoms with Gasteiger partial charge in [0, 0.05) is 0 Å². The van der Waals surface area contributed by atoms with E-state index in [2.05, 4.69) is 0 Å². The lowest BCUT2D eigenvalue weighted by atomic mass is 10.1. The van der Waals surface area contributed by atoms with Crippen molar-refractivity contribution in [2.75, 3.05) is 0 Å². The van der Waals surface area contributed by atoms with Gasteiger partial charge in [0.15, 0.2) is 0 Å². The third-order valence-electron chi connectivity index (χ3n) is 2.27. The fourth-order valence-electron chi connectivity index (χ4n) is 1.38. The lowest BCUT2D eigenvalue weighted by Crippen LogP contribution is -2.01. The predicted molar refractivity (Wildman–Crippen MR) is 52.6 cm³/mol. The number of carboxylic acids is 1. The summed E-state index contributed by atoms with van der Waals surface area (Å²) in [5, 5.41) is 8.65. The Morgan fingerprint density at radius 1 is 1.43 bits per heavy atom. The minimum atomic E-state index is -1.19. The van der Waals surface area contributed by atoms with Crippen LogP contribution in [0.2, 0.25) is 0 Å². The van der Waals surface area contributed by atoms with Gasteiger partial charge in [0.25, 0.3) is 0 Å². The van der Waals surface area contributed by atoms with Crippen molar-refractivity contribution in [2.24, 2.45) is 0 Å². The molecule has 0 spiro atoms. The van der Waals surface area contributed by atoms with Gasteiger partial charge in [-0.2, -0.15) is 0 Å². The highest BCUT2D eigenvalue weighted by molar-refractivity contribution is 5.88. The van der Waals surface area contributed by atoms with Crippen LogP contribution in [0.25, 0.3) is 0 Å². The fourth-order valence-corrected chi connectivity index (χ4v) is 1.38. The van der Waals surface area contributed by atoms with Gasteiger partial charge < -0.3 is 5.11 Å². The average Bonchev–Trinajstić information content (AvgIpc) is 2.87. The highest BCUT2D eigenvalue weighted by Gasteiger charge is 2.25. The monoisotopic (exact) mass is 216 g/mol. The smallest absolute Gasteiger partial charge is 0.338 e. The van der Waals surface area contributed by atoms with E-state index < -0.39 is 11.8 Å². The van der Waals surface area contributed by atoms with Crippen LogP contribution in [0.3, 0.4) is 0 Å². The molecule has 0 saturated heterocycles. The molecule has 1 fully saturated rings. The van der Waals surface area contributed by atoms with Gasteiger partial charge in [-0.3, -0.25) is 0 Å². The van der Waals surface area contributed by atoms with Crippen LogP contribution in [0.5, 0.6) is 0 Å². The molecule has 0 unspecified atom stereocenters. The lowest BCUT2D eigenvalue weighted by Gasteiger charge is -2.01. The Bertz CT molecular complexity index is 361. The molecule has 4 heteroatoms. The number of carbonyl (C=O) groups is 1. The third-order valence-corrected chi connectivity index (χ3v) is 2.27. The van der Waals surface area contributed by atoms with E-state index in [1.54, 1.807) is 6.07 Å². The van der Waals surface area contributed by atoms with Gasteiger partial charge >= 0.3 is 5.97 Å². The standard InChI is InChI=1S/C10H9FO2.ClH/c11-9-4-3-7(6-1-2-6)5-8(9)10(12)13;/h3-6H,1-2H2,(H,12,13);1H. The van der Waals surface area contributed by atoms with Crippen LogP contribution in [0.1, 0.15) is 34.7 Å². The summed E-state index contributed by atoms with van der Waals surface area (Å²) < 4.78 is 12.9. The molecule has 1 aromatic rings. The highest BCUT2D eigenvalue weighted by Crippen LogP contribution is 2.40. The first-order valence-electron chi connectivity index (χ1n) is 4.21. The molecule has 2 rings (SSSR count). The largest absolute Gasteiger partial charge is 0.478 e. The van der Waals surface area contributed by atoms with Gasteiger partial charge in [0.1, 0.15) is 5.82 Å². The second-order valence-electron chi connectivity index (χ2n) is 3.32. The van der Waals surface area contributed by atoms with Crippen molar-refractivity contribution in [1.82, 2.24) is 0 Å². The van der Waals surface area contributed by atoms with Crippen molar-refractivity contribution in [3.05, 3.63) is 35.1 Å². The van der Waals surface area contributed by atoms with Crippen LogP contribution in [0, 0.1) is 5.82 Å². The van der Waals surface area contributed by atoms with Gasteiger partial charge in [-0.15, -0.1) is 12.4 Å². The first-order valence-corrected chi connectivity index (χ1v) is 4.21. The van der Waals surface area contributed by atoms with Gasteiger partial charge in [-0.25, -0.2) is 9.18 Å². The van der Waals surface area contributed by atoms with Gasteiger partial charge in [-0.05, 0) is 36.5 Å². The van der Waals surface area contributed by atoms with Crippen molar-refractivity contribution in [3.63, 3.8) is 0 Å². The molecule has 0 heterocycles. The zero-order chi connectivity index (χ0) is 9.42. The molecule has 14 heavy (non-hydrogen) atoms. The topological polar surface area (TPSA) is 37.3 Å². The summed E-state index contributed by atoms with van der Waals surface area (Å²) in [6.45, 7) is 0. The summed E-state index contributed by atoms with van der Waals surface area (Å²) in [5.41, 5.74) is 0.725. The van der Waals surface area contributed by atoms with E-state index in [1.807, 2.05) is 0 Å². The third kappa shape index (κ3) is 2.04. The minimum Gasteiger partial charge on any atom is -0.478 e. The average molecular weight is 217 g/mol. The van der Waals surface area contributed by atoms with Crippen molar-refractivity contribution >= 4 is 18.4 Å². The number of hydrogen-bond acceptors (Lipinski definition) is 1. The number of hydrogen-bond donors (Lipinski definition) is 1. The summed E-state index contributed by atoms with van der Waals surface area (Å²) in [4.78, 5) is 10.6. The van der Waals surface area contributed by atoms with E-state index in [9.17, 15) is 9.18 Å². The molecule has 0 aromatic heterocycles.